The fraction of sp³-hybridized carbons (Fsp3) is 0.176. The first-order chi connectivity index (χ1) is 11.0. The molecule has 2 aromatic carbocycles. The lowest BCUT2D eigenvalue weighted by molar-refractivity contribution is -0.116. The molecular formula is C17H18FN3O2. The topological polar surface area (TPSA) is 61.4 Å². The second-order valence-electron chi connectivity index (χ2n) is 5.01. The molecule has 2 rings (SSSR count). The highest BCUT2D eigenvalue weighted by atomic mass is 19.1. The maximum absolute atomic E-state index is 13.4. The van der Waals surface area contributed by atoms with Crippen molar-refractivity contribution in [3.63, 3.8) is 0 Å². The van der Waals surface area contributed by atoms with Gasteiger partial charge in [0.05, 0.1) is 12.2 Å². The van der Waals surface area contributed by atoms with Gasteiger partial charge in [0, 0.05) is 25.3 Å². The first-order valence-electron chi connectivity index (χ1n) is 7.10. The van der Waals surface area contributed by atoms with Gasteiger partial charge in [-0.05, 0) is 36.4 Å². The third kappa shape index (κ3) is 4.54. The van der Waals surface area contributed by atoms with E-state index in [1.807, 2.05) is 0 Å². The summed E-state index contributed by atoms with van der Waals surface area (Å²) in [5.41, 5.74) is 1.62. The molecule has 0 saturated heterocycles. The Morgan fingerprint density at radius 1 is 1.09 bits per heavy atom. The average Bonchev–Trinajstić information content (AvgIpc) is 2.54. The molecule has 0 aliphatic heterocycles. The Kier molecular flexibility index (Phi) is 5.30. The summed E-state index contributed by atoms with van der Waals surface area (Å²) < 4.78 is 13.4. The highest BCUT2D eigenvalue weighted by Crippen LogP contribution is 2.17. The van der Waals surface area contributed by atoms with E-state index >= 15 is 0 Å². The summed E-state index contributed by atoms with van der Waals surface area (Å²) in [6.07, 6.45) is 0. The minimum atomic E-state index is -0.406. The van der Waals surface area contributed by atoms with Gasteiger partial charge >= 0.3 is 0 Å². The van der Waals surface area contributed by atoms with Gasteiger partial charge in [0.1, 0.15) is 5.82 Å². The number of halogens is 1. The summed E-state index contributed by atoms with van der Waals surface area (Å²) in [5, 5.41) is 5.44. The number of amides is 2. The van der Waals surface area contributed by atoms with E-state index in [2.05, 4.69) is 10.6 Å². The summed E-state index contributed by atoms with van der Waals surface area (Å²) in [4.78, 5) is 24.6. The normalized spacial score (nSPS) is 10.0. The molecule has 6 heteroatoms. The summed E-state index contributed by atoms with van der Waals surface area (Å²) >= 11 is 0. The van der Waals surface area contributed by atoms with E-state index in [1.54, 1.807) is 49.5 Å². The number of nitrogens with zero attached hydrogens (tertiary/aromatic N) is 1. The molecule has 0 unspecified atom stereocenters. The number of nitrogens with one attached hydrogen (secondary N) is 2. The van der Waals surface area contributed by atoms with E-state index in [-0.39, 0.29) is 24.0 Å². The highest BCUT2D eigenvalue weighted by molar-refractivity contribution is 5.94. The molecule has 5 nitrogen and oxygen atoms in total. The van der Waals surface area contributed by atoms with Crippen molar-refractivity contribution in [3.8, 4) is 0 Å². The van der Waals surface area contributed by atoms with Crippen LogP contribution in [0.3, 0.4) is 0 Å². The molecule has 2 N–H and O–H groups in total. The molecule has 0 bridgehead atoms. The Morgan fingerprint density at radius 2 is 1.74 bits per heavy atom. The van der Waals surface area contributed by atoms with Crippen LogP contribution >= 0.6 is 0 Å². The van der Waals surface area contributed by atoms with Gasteiger partial charge in [-0.15, -0.1) is 0 Å². The van der Waals surface area contributed by atoms with Gasteiger partial charge in [0.25, 0.3) is 0 Å². The van der Waals surface area contributed by atoms with Gasteiger partial charge in [-0.2, -0.15) is 0 Å². The van der Waals surface area contributed by atoms with Crippen LogP contribution in [-0.2, 0) is 9.59 Å². The Balaban J connectivity index is 1.90. The predicted molar refractivity (Wildman–Crippen MR) is 89.0 cm³/mol. The van der Waals surface area contributed by atoms with E-state index in [1.165, 1.54) is 17.9 Å². The zero-order valence-electron chi connectivity index (χ0n) is 13.0. The Morgan fingerprint density at radius 3 is 2.35 bits per heavy atom. The molecule has 0 aliphatic carbocycles. The lowest BCUT2D eigenvalue weighted by Gasteiger charge is -2.15. The number of benzene rings is 2. The third-order valence-corrected chi connectivity index (χ3v) is 3.32. The molecule has 2 amide bonds. The lowest BCUT2D eigenvalue weighted by atomic mass is 10.2. The first kappa shape index (κ1) is 16.5. The highest BCUT2D eigenvalue weighted by Gasteiger charge is 2.07. The molecule has 2 aromatic rings. The van der Waals surface area contributed by atoms with Crippen LogP contribution in [0, 0.1) is 5.82 Å². The van der Waals surface area contributed by atoms with Gasteiger partial charge in [0.15, 0.2) is 0 Å². The molecule has 0 aromatic heterocycles. The van der Waals surface area contributed by atoms with Crippen LogP contribution in [0.4, 0.5) is 21.5 Å². The van der Waals surface area contributed by atoms with Crippen LogP contribution in [0.15, 0.2) is 48.5 Å². The maximum atomic E-state index is 13.4. The number of hydrogen-bond donors (Lipinski definition) is 2. The standard InChI is InChI=1S/C17H18FN3O2/c1-12(22)21(2)14-9-7-13(8-10-14)20-17(23)11-19-16-6-4-3-5-15(16)18/h3-10,19H,11H2,1-2H3,(H,20,23). The SMILES string of the molecule is CC(=O)N(C)c1ccc(NC(=O)CNc2ccccc2F)cc1. The second kappa shape index (κ2) is 7.40. The van der Waals surface area contributed by atoms with Gasteiger partial charge in [-0.25, -0.2) is 4.39 Å². The molecule has 0 heterocycles. The first-order valence-corrected chi connectivity index (χ1v) is 7.10. The summed E-state index contributed by atoms with van der Waals surface area (Å²) in [5.74, 6) is -0.770. The lowest BCUT2D eigenvalue weighted by Crippen LogP contribution is -2.23. The quantitative estimate of drug-likeness (QED) is 0.892. The van der Waals surface area contributed by atoms with Gasteiger partial charge < -0.3 is 15.5 Å². The Labute approximate surface area is 134 Å². The van der Waals surface area contributed by atoms with Crippen LogP contribution in [0.2, 0.25) is 0 Å². The minimum Gasteiger partial charge on any atom is -0.374 e. The number of carbonyl (C=O) groups is 2. The summed E-state index contributed by atoms with van der Waals surface area (Å²) in [6.45, 7) is 1.43. The van der Waals surface area contributed by atoms with Crippen molar-refractivity contribution in [1.29, 1.82) is 0 Å². The van der Waals surface area contributed by atoms with Crippen molar-refractivity contribution >= 4 is 28.9 Å². The van der Waals surface area contributed by atoms with Crippen LogP contribution in [0.1, 0.15) is 6.92 Å². The Bertz CT molecular complexity index is 701. The minimum absolute atomic E-state index is 0.0456. The smallest absolute Gasteiger partial charge is 0.243 e. The molecule has 23 heavy (non-hydrogen) atoms. The number of para-hydroxylation sites is 1. The molecular weight excluding hydrogens is 297 g/mol. The van der Waals surface area contributed by atoms with Crippen molar-refractivity contribution in [2.75, 3.05) is 29.1 Å². The van der Waals surface area contributed by atoms with Crippen LogP contribution in [0.5, 0.6) is 0 Å². The molecule has 0 radical (unpaired) electrons. The van der Waals surface area contributed by atoms with Crippen molar-refractivity contribution < 1.29 is 14.0 Å². The van der Waals surface area contributed by atoms with Crippen molar-refractivity contribution in [2.45, 2.75) is 6.92 Å². The zero-order valence-corrected chi connectivity index (χ0v) is 13.0. The van der Waals surface area contributed by atoms with E-state index in [9.17, 15) is 14.0 Å². The summed E-state index contributed by atoms with van der Waals surface area (Å²) in [7, 11) is 1.67. The van der Waals surface area contributed by atoms with Crippen molar-refractivity contribution in [2.24, 2.45) is 0 Å². The van der Waals surface area contributed by atoms with Crippen LogP contribution < -0.4 is 15.5 Å². The van der Waals surface area contributed by atoms with E-state index < -0.39 is 5.82 Å². The number of carbonyl (C=O) groups excluding carboxylic acids is 2. The molecule has 0 fully saturated rings. The monoisotopic (exact) mass is 315 g/mol. The number of anilines is 3. The third-order valence-electron chi connectivity index (χ3n) is 3.32. The molecule has 120 valence electrons. The van der Waals surface area contributed by atoms with E-state index in [0.717, 1.165) is 5.69 Å². The fourth-order valence-electron chi connectivity index (χ4n) is 1.94. The molecule has 0 spiro atoms. The zero-order chi connectivity index (χ0) is 16.8. The van der Waals surface area contributed by atoms with E-state index in [0.29, 0.717) is 5.69 Å². The fourth-order valence-corrected chi connectivity index (χ4v) is 1.94. The van der Waals surface area contributed by atoms with Crippen LogP contribution in [-0.4, -0.2) is 25.4 Å². The largest absolute Gasteiger partial charge is 0.374 e. The van der Waals surface area contributed by atoms with Crippen molar-refractivity contribution in [1.82, 2.24) is 0 Å². The van der Waals surface area contributed by atoms with Crippen LogP contribution in [0.25, 0.3) is 0 Å². The predicted octanol–water partition coefficient (Wildman–Crippen LogP) is 2.86. The van der Waals surface area contributed by atoms with Crippen molar-refractivity contribution in [3.05, 3.63) is 54.3 Å². The molecule has 0 saturated carbocycles. The Hall–Kier alpha value is -2.89. The maximum Gasteiger partial charge on any atom is 0.243 e. The number of hydrogen-bond acceptors (Lipinski definition) is 3. The van der Waals surface area contributed by atoms with E-state index in [4.69, 9.17) is 0 Å². The average molecular weight is 315 g/mol. The van der Waals surface area contributed by atoms with Gasteiger partial charge in [-0.3, -0.25) is 9.59 Å². The summed E-state index contributed by atoms with van der Waals surface area (Å²) in [6, 6.07) is 13.0. The molecule has 0 atom stereocenters. The van der Waals surface area contributed by atoms with Gasteiger partial charge in [0.2, 0.25) is 11.8 Å². The van der Waals surface area contributed by atoms with Gasteiger partial charge in [-0.1, -0.05) is 12.1 Å². The number of rotatable bonds is 5. The molecule has 0 aliphatic rings. The second-order valence-corrected chi connectivity index (χ2v) is 5.01.